The van der Waals surface area contributed by atoms with E-state index < -0.39 is 0 Å². The summed E-state index contributed by atoms with van der Waals surface area (Å²) in [5.74, 6) is 0.0657. The number of likely N-dealkylation sites (tertiary alicyclic amines) is 1. The van der Waals surface area contributed by atoms with E-state index in [1.807, 2.05) is 18.7 Å². The van der Waals surface area contributed by atoms with Crippen LogP contribution in [0.25, 0.3) is 0 Å². The molecule has 0 saturated carbocycles. The molecule has 1 fully saturated rings. The summed E-state index contributed by atoms with van der Waals surface area (Å²) < 4.78 is 5.79. The Hall–Kier alpha value is -1.40. The fraction of sp³-hybridized carbons (Fsp3) is 0.750. The maximum atomic E-state index is 12.8. The molecule has 122 valence electrons. The van der Waals surface area contributed by atoms with E-state index in [0.29, 0.717) is 11.7 Å². The van der Waals surface area contributed by atoms with E-state index in [9.17, 15) is 4.79 Å². The number of hydrogen-bond acceptors (Lipinski definition) is 4. The first kappa shape index (κ1) is 15.5. The first-order valence-corrected chi connectivity index (χ1v) is 8.15. The van der Waals surface area contributed by atoms with Crippen molar-refractivity contribution in [1.82, 2.24) is 20.0 Å². The molecule has 0 radical (unpaired) electrons. The lowest BCUT2D eigenvalue weighted by molar-refractivity contribution is -0.00703. The molecule has 2 aliphatic heterocycles. The summed E-state index contributed by atoms with van der Waals surface area (Å²) in [4.78, 5) is 17.0. The highest BCUT2D eigenvalue weighted by Crippen LogP contribution is 2.31. The molecular formula is C16H26N4O2. The van der Waals surface area contributed by atoms with Crippen LogP contribution in [0.15, 0.2) is 0 Å². The highest BCUT2D eigenvalue weighted by Gasteiger charge is 2.32. The Balaban J connectivity index is 1.74. The summed E-state index contributed by atoms with van der Waals surface area (Å²) in [5.41, 5.74) is 2.61. The number of amides is 1. The van der Waals surface area contributed by atoms with Gasteiger partial charge in [0.1, 0.15) is 0 Å². The molecule has 1 amide bonds. The maximum Gasteiger partial charge on any atom is 0.274 e. The van der Waals surface area contributed by atoms with Gasteiger partial charge in [-0.25, -0.2) is 0 Å². The highest BCUT2D eigenvalue weighted by atomic mass is 16.5. The van der Waals surface area contributed by atoms with Gasteiger partial charge in [-0.15, -0.1) is 0 Å². The van der Waals surface area contributed by atoms with Crippen LogP contribution in [0.4, 0.5) is 0 Å². The van der Waals surface area contributed by atoms with Gasteiger partial charge in [-0.3, -0.25) is 9.89 Å². The number of aromatic amines is 1. The molecule has 1 aromatic rings. The Kier molecular flexibility index (Phi) is 4.23. The number of nitrogens with zero attached hydrogens (tertiary/aromatic N) is 3. The van der Waals surface area contributed by atoms with Crippen molar-refractivity contribution in [2.45, 2.75) is 51.4 Å². The van der Waals surface area contributed by atoms with E-state index in [1.165, 1.54) is 0 Å². The minimum Gasteiger partial charge on any atom is -0.369 e. The van der Waals surface area contributed by atoms with Crippen LogP contribution in [-0.2, 0) is 11.2 Å². The van der Waals surface area contributed by atoms with Crippen LogP contribution in [0.1, 0.15) is 54.5 Å². The molecule has 0 spiro atoms. The molecule has 0 bridgehead atoms. The molecule has 0 aromatic carbocycles. The van der Waals surface area contributed by atoms with Gasteiger partial charge in [-0.05, 0) is 40.8 Å². The zero-order valence-electron chi connectivity index (χ0n) is 13.9. The van der Waals surface area contributed by atoms with Crippen LogP contribution in [0.3, 0.4) is 0 Å². The first-order valence-electron chi connectivity index (χ1n) is 8.15. The van der Waals surface area contributed by atoms with Crippen LogP contribution in [0, 0.1) is 0 Å². The van der Waals surface area contributed by atoms with Gasteiger partial charge in [0.25, 0.3) is 5.91 Å². The maximum absolute atomic E-state index is 12.8. The van der Waals surface area contributed by atoms with Crippen molar-refractivity contribution in [3.8, 4) is 0 Å². The monoisotopic (exact) mass is 306 g/mol. The number of hydrogen-bond donors (Lipinski definition) is 1. The number of ether oxygens (including phenoxy) is 1. The van der Waals surface area contributed by atoms with Gasteiger partial charge >= 0.3 is 0 Å². The van der Waals surface area contributed by atoms with E-state index in [0.717, 1.165) is 43.6 Å². The number of rotatable bonds is 2. The summed E-state index contributed by atoms with van der Waals surface area (Å²) in [5, 5.41) is 7.32. The van der Waals surface area contributed by atoms with E-state index >= 15 is 0 Å². The van der Waals surface area contributed by atoms with Gasteiger partial charge in [-0.1, -0.05) is 0 Å². The molecule has 6 heteroatoms. The van der Waals surface area contributed by atoms with Crippen LogP contribution < -0.4 is 0 Å². The zero-order valence-corrected chi connectivity index (χ0v) is 13.9. The second-order valence-electron chi connectivity index (χ2n) is 6.74. The lowest BCUT2D eigenvalue weighted by atomic mass is 9.98. The van der Waals surface area contributed by atoms with E-state index in [-0.39, 0.29) is 18.1 Å². The Bertz CT molecular complexity index is 546. The van der Waals surface area contributed by atoms with E-state index in [1.54, 1.807) is 0 Å². The molecular weight excluding hydrogens is 280 g/mol. The highest BCUT2D eigenvalue weighted by molar-refractivity contribution is 5.94. The lowest BCUT2D eigenvalue weighted by Gasteiger charge is -2.35. The van der Waals surface area contributed by atoms with Crippen molar-refractivity contribution >= 4 is 5.91 Å². The minimum atomic E-state index is -0.0210. The van der Waals surface area contributed by atoms with Crippen molar-refractivity contribution in [3.05, 3.63) is 17.0 Å². The molecule has 3 rings (SSSR count). The zero-order chi connectivity index (χ0) is 15.9. The Morgan fingerprint density at radius 1 is 1.32 bits per heavy atom. The predicted molar refractivity (Wildman–Crippen MR) is 83.9 cm³/mol. The van der Waals surface area contributed by atoms with Crippen molar-refractivity contribution in [1.29, 1.82) is 0 Å². The Labute approximate surface area is 131 Å². The van der Waals surface area contributed by atoms with Crippen molar-refractivity contribution in [2.24, 2.45) is 0 Å². The molecule has 1 aromatic heterocycles. The fourth-order valence-electron chi connectivity index (χ4n) is 3.59. The second-order valence-corrected chi connectivity index (χ2v) is 6.74. The predicted octanol–water partition coefficient (Wildman–Crippen LogP) is 1.60. The third-order valence-corrected chi connectivity index (χ3v) is 4.92. The number of carbonyl (C=O) groups excluding carboxylic acids is 1. The third-order valence-electron chi connectivity index (χ3n) is 4.92. The SMILES string of the molecule is C[C@@H]1Cc2c(C(=O)N3CCC(N(C)C)CC3)n[nH]c2[C@H](C)O1. The molecule has 6 nitrogen and oxygen atoms in total. The topological polar surface area (TPSA) is 61.5 Å². The number of piperidine rings is 1. The van der Waals surface area contributed by atoms with Gasteiger partial charge in [0.2, 0.25) is 0 Å². The smallest absolute Gasteiger partial charge is 0.274 e. The lowest BCUT2D eigenvalue weighted by Crippen LogP contribution is -2.44. The molecule has 3 heterocycles. The summed E-state index contributed by atoms with van der Waals surface area (Å²) in [6, 6.07) is 0.575. The summed E-state index contributed by atoms with van der Waals surface area (Å²) in [7, 11) is 4.21. The first-order chi connectivity index (χ1) is 10.5. The molecule has 0 unspecified atom stereocenters. The number of aromatic nitrogens is 2. The van der Waals surface area contributed by atoms with Crippen LogP contribution >= 0.6 is 0 Å². The Morgan fingerprint density at radius 2 is 2.00 bits per heavy atom. The van der Waals surface area contributed by atoms with Gasteiger partial charge in [0.05, 0.1) is 17.9 Å². The summed E-state index contributed by atoms with van der Waals surface area (Å²) >= 11 is 0. The van der Waals surface area contributed by atoms with Gasteiger partial charge < -0.3 is 14.5 Å². The number of carbonyl (C=O) groups is 1. The molecule has 0 aliphatic carbocycles. The van der Waals surface area contributed by atoms with Crippen LogP contribution in [0.5, 0.6) is 0 Å². The summed E-state index contributed by atoms with van der Waals surface area (Å²) in [6.45, 7) is 5.67. The quantitative estimate of drug-likeness (QED) is 0.901. The van der Waals surface area contributed by atoms with Crippen molar-refractivity contribution in [2.75, 3.05) is 27.2 Å². The number of fused-ring (bicyclic) bond motifs is 1. The van der Waals surface area contributed by atoms with E-state index in [2.05, 4.69) is 29.2 Å². The second kappa shape index (κ2) is 6.01. The van der Waals surface area contributed by atoms with Crippen molar-refractivity contribution < 1.29 is 9.53 Å². The van der Waals surface area contributed by atoms with Gasteiger partial charge in [0, 0.05) is 31.1 Å². The molecule has 1 saturated heterocycles. The molecule has 22 heavy (non-hydrogen) atoms. The number of H-pyrrole nitrogens is 1. The average molecular weight is 306 g/mol. The van der Waals surface area contributed by atoms with Crippen LogP contribution in [0.2, 0.25) is 0 Å². The largest absolute Gasteiger partial charge is 0.369 e. The van der Waals surface area contributed by atoms with Crippen molar-refractivity contribution in [3.63, 3.8) is 0 Å². The number of nitrogens with one attached hydrogen (secondary N) is 1. The van der Waals surface area contributed by atoms with Gasteiger partial charge in [0.15, 0.2) is 5.69 Å². The standard InChI is InChI=1S/C16H26N4O2/c1-10-9-13-14(11(2)22-10)17-18-15(13)16(21)20-7-5-12(6-8-20)19(3)4/h10-12H,5-9H2,1-4H3,(H,17,18)/t10-,11+/m1/s1. The normalized spacial score (nSPS) is 26.3. The summed E-state index contributed by atoms with van der Waals surface area (Å²) in [6.07, 6.45) is 2.92. The molecule has 2 atom stereocenters. The molecule has 1 N–H and O–H groups in total. The third kappa shape index (κ3) is 2.77. The minimum absolute atomic E-state index is 0.0210. The molecule has 2 aliphatic rings. The Morgan fingerprint density at radius 3 is 2.64 bits per heavy atom. The fourth-order valence-corrected chi connectivity index (χ4v) is 3.59. The van der Waals surface area contributed by atoms with Gasteiger partial charge in [-0.2, -0.15) is 5.10 Å². The average Bonchev–Trinajstić information content (AvgIpc) is 2.90. The van der Waals surface area contributed by atoms with E-state index in [4.69, 9.17) is 4.74 Å². The van der Waals surface area contributed by atoms with Crippen LogP contribution in [-0.4, -0.2) is 65.2 Å².